The monoisotopic (exact) mass is 980 g/mol. The van der Waals surface area contributed by atoms with Crippen LogP contribution in [0.2, 0.25) is 0 Å². The molecule has 2 aromatic rings. The lowest BCUT2D eigenvalue weighted by atomic mass is 9.79. The second-order valence-corrected chi connectivity index (χ2v) is 19.1. The summed E-state index contributed by atoms with van der Waals surface area (Å²) in [7, 11) is 1.26. The summed E-state index contributed by atoms with van der Waals surface area (Å²) in [5, 5.41) is 96.3. The summed E-state index contributed by atoms with van der Waals surface area (Å²) in [5.74, 6) is -3.86. The maximum atomic E-state index is 14.9. The lowest BCUT2D eigenvalue weighted by molar-refractivity contribution is -0.291. The lowest BCUT2D eigenvalue weighted by Gasteiger charge is -2.43. The van der Waals surface area contributed by atoms with Crippen molar-refractivity contribution in [3.05, 3.63) is 68.5 Å². The number of nitrogens with zero attached hydrogens (tertiary/aromatic N) is 3. The number of allylic oxidation sites excluding steroid dienone is 2. The topological polar surface area (TPSA) is 333 Å². The molecule has 2 fully saturated rings. The van der Waals surface area contributed by atoms with Gasteiger partial charge in [-0.15, -0.1) is 0 Å². The van der Waals surface area contributed by atoms with Crippen molar-refractivity contribution in [2.45, 2.75) is 147 Å². The Balaban J connectivity index is 1.29. The minimum absolute atomic E-state index is 0.0866. The molecule has 0 aromatic carbocycles. The molecule has 5 aliphatic heterocycles. The number of methoxy groups -OCH3 is 1. The van der Waals surface area contributed by atoms with Crippen molar-refractivity contribution >= 4 is 41.4 Å². The highest BCUT2D eigenvalue weighted by atomic mass is 16.6. The minimum atomic E-state index is -1.87. The summed E-state index contributed by atoms with van der Waals surface area (Å²) in [6.45, 7) is 13.2. The standard InChI is InChI=1S/C49H68N6O15/c1-8-24-20(3)28-15-30-22(5)26(10-11-36(56)57)39(53-30)27(14-37(58)68-7)40-38(23(6)31(54-40)17-33-25(9-2)21(4)29(52-33)16-32(24)51-28)47(65)50-12-13-55(18-34-41(59)43(61)45(63)48(66)69-34)19-35-42(60)44(62)46(64)49(67)70-35/h8,15,22,26-27,29,34-35,41-46,48-49,51,54,59-64,66-67H,1,9-14,16-19H2,2-7H3,(H,50,65)(H,56,57)/t22-,26-,27?,29?,34+,35+,41-,42-,43-,44-,45+,46+,48?,49?/m0/s1. The van der Waals surface area contributed by atoms with Crippen LogP contribution in [0, 0.1) is 25.7 Å². The Kier molecular flexibility index (Phi) is 16.5. The first-order valence-corrected chi connectivity index (χ1v) is 23.9. The van der Waals surface area contributed by atoms with Gasteiger partial charge >= 0.3 is 11.9 Å². The number of hydrogen-bond acceptors (Lipinski definition) is 17. The predicted molar refractivity (Wildman–Crippen MR) is 254 cm³/mol. The van der Waals surface area contributed by atoms with E-state index < -0.39 is 91.1 Å². The van der Waals surface area contributed by atoms with E-state index in [4.69, 9.17) is 24.2 Å². The largest absolute Gasteiger partial charge is 0.481 e. The highest BCUT2D eigenvalue weighted by molar-refractivity contribution is 6.06. The predicted octanol–water partition coefficient (Wildman–Crippen LogP) is 0.142. The quantitative estimate of drug-likeness (QED) is 0.106. The zero-order valence-electron chi connectivity index (χ0n) is 40.3. The van der Waals surface area contributed by atoms with Gasteiger partial charge in [0.25, 0.3) is 5.91 Å². The molecule has 14 atom stereocenters. The highest BCUT2D eigenvalue weighted by Crippen LogP contribution is 2.43. The molecule has 7 heterocycles. The smallest absolute Gasteiger partial charge is 0.306 e. The van der Waals surface area contributed by atoms with E-state index in [0.29, 0.717) is 47.6 Å². The minimum Gasteiger partial charge on any atom is -0.481 e. The molecule has 2 saturated heterocycles. The van der Waals surface area contributed by atoms with Crippen LogP contribution in [0.1, 0.15) is 102 Å². The first kappa shape index (κ1) is 52.9. The molecule has 0 saturated carbocycles. The number of carbonyl (C=O) groups is 3. The second-order valence-electron chi connectivity index (χ2n) is 19.1. The number of aromatic nitrogens is 2. The third-order valence-corrected chi connectivity index (χ3v) is 14.9. The number of aromatic amines is 2. The fourth-order valence-corrected chi connectivity index (χ4v) is 10.7. The normalized spacial score (nSPS) is 32.1. The van der Waals surface area contributed by atoms with E-state index in [9.17, 15) is 60.3 Å². The molecule has 0 spiro atoms. The van der Waals surface area contributed by atoms with Crippen molar-refractivity contribution in [3.63, 3.8) is 0 Å². The maximum Gasteiger partial charge on any atom is 0.306 e. The van der Waals surface area contributed by atoms with Gasteiger partial charge < -0.3 is 75.5 Å². The SMILES string of the molecule is C=Cc1c2[nH]c(c1C)C=C1N=C(C(CC(=O)OC)c3[nH]c(c(C)c3C(=O)NCCN(C[C@H]3OC(O)[C@H](O)[C@@H](O)[C@H]3O)C[C@H]3OC(O)[C@H](O)[C@@H](O)[C@H]3O)CC3=NC(C2)C(C)=C3CC)[C@@H](CCC(=O)O)[C@@H]1C. The third kappa shape index (κ3) is 10.5. The molecule has 4 unspecified atom stereocenters. The van der Waals surface area contributed by atoms with Gasteiger partial charge in [0.2, 0.25) is 0 Å². The number of H-pyrrole nitrogens is 2. The van der Waals surface area contributed by atoms with Gasteiger partial charge in [0.15, 0.2) is 12.6 Å². The first-order valence-electron chi connectivity index (χ1n) is 23.9. The van der Waals surface area contributed by atoms with E-state index >= 15 is 0 Å². The number of aliphatic hydroxyl groups is 8. The van der Waals surface area contributed by atoms with Gasteiger partial charge in [0.05, 0.1) is 25.1 Å². The van der Waals surface area contributed by atoms with Crippen LogP contribution in [0.5, 0.6) is 0 Å². The number of carboxylic acid groups (broad SMARTS) is 1. The van der Waals surface area contributed by atoms with Gasteiger partial charge in [-0.25, -0.2) is 0 Å². The summed E-state index contributed by atoms with van der Waals surface area (Å²) in [5.41, 5.74) is 9.66. The molecule has 1 amide bonds. The zero-order chi connectivity index (χ0) is 51.0. The molecule has 5 aliphatic rings. The molecule has 0 radical (unpaired) electrons. The second kappa shape index (κ2) is 21.8. The Hall–Kier alpha value is -4.91. The van der Waals surface area contributed by atoms with E-state index in [-0.39, 0.29) is 63.0 Å². The summed E-state index contributed by atoms with van der Waals surface area (Å²) < 4.78 is 16.1. The summed E-state index contributed by atoms with van der Waals surface area (Å²) in [6.07, 6.45) is -11.9. The molecule has 70 heavy (non-hydrogen) atoms. The van der Waals surface area contributed by atoms with Gasteiger partial charge in [-0.3, -0.25) is 29.3 Å². The van der Waals surface area contributed by atoms with Crippen LogP contribution >= 0.6 is 0 Å². The fraction of sp³-hybridized carbons (Fsp3) is 0.612. The number of rotatable bonds is 15. The molecule has 7 rings (SSSR count). The Morgan fingerprint density at radius 3 is 2.11 bits per heavy atom. The lowest BCUT2D eigenvalue weighted by Crippen LogP contribution is -2.62. The number of aliphatic carboxylic acids is 1. The summed E-state index contributed by atoms with van der Waals surface area (Å²) in [6, 6.07) is -0.188. The van der Waals surface area contributed by atoms with Crippen LogP contribution in [0.3, 0.4) is 0 Å². The number of aliphatic hydroxyl groups excluding tert-OH is 8. The number of fused-ring (bicyclic) bond motifs is 6. The number of esters is 1. The summed E-state index contributed by atoms with van der Waals surface area (Å²) >= 11 is 0. The van der Waals surface area contributed by atoms with Crippen molar-refractivity contribution in [2.75, 3.05) is 33.3 Å². The number of aliphatic imine (C=N–C) groups is 2. The van der Waals surface area contributed by atoms with Crippen LogP contribution in [-0.2, 0) is 36.6 Å². The van der Waals surface area contributed by atoms with Crippen LogP contribution in [0.15, 0.2) is 33.4 Å². The fourth-order valence-electron chi connectivity index (χ4n) is 10.7. The van der Waals surface area contributed by atoms with Gasteiger partial charge in [-0.05, 0) is 67.5 Å². The molecular weight excluding hydrogens is 913 g/mol. The van der Waals surface area contributed by atoms with E-state index in [1.807, 2.05) is 26.0 Å². The molecule has 384 valence electrons. The van der Waals surface area contributed by atoms with Crippen LogP contribution < -0.4 is 5.32 Å². The average molecular weight is 981 g/mol. The van der Waals surface area contributed by atoms with Crippen LogP contribution in [0.25, 0.3) is 12.2 Å². The first-order chi connectivity index (χ1) is 33.2. The number of carbonyl (C=O) groups excluding carboxylic acids is 2. The molecule has 0 aliphatic carbocycles. The van der Waals surface area contributed by atoms with E-state index in [0.717, 1.165) is 39.4 Å². The van der Waals surface area contributed by atoms with E-state index in [2.05, 4.69) is 35.7 Å². The molecular formula is C49H68N6O15. The van der Waals surface area contributed by atoms with Crippen molar-refractivity contribution in [3.8, 4) is 0 Å². The van der Waals surface area contributed by atoms with E-state index in [1.165, 1.54) is 12.0 Å². The van der Waals surface area contributed by atoms with E-state index in [1.54, 1.807) is 6.92 Å². The molecule has 12 N–H and O–H groups in total. The van der Waals surface area contributed by atoms with Gasteiger partial charge in [-0.2, -0.15) is 0 Å². The molecule has 8 bridgehead atoms. The van der Waals surface area contributed by atoms with Crippen molar-refractivity contribution in [2.24, 2.45) is 21.8 Å². The van der Waals surface area contributed by atoms with Crippen molar-refractivity contribution in [1.29, 1.82) is 0 Å². The number of carboxylic acids is 1. The number of amides is 1. The van der Waals surface area contributed by atoms with Gasteiger partial charge in [-0.1, -0.05) is 26.5 Å². The molecule has 21 heteroatoms. The van der Waals surface area contributed by atoms with Gasteiger partial charge in [0, 0.05) is 103 Å². The number of hydrogen-bond donors (Lipinski definition) is 12. The van der Waals surface area contributed by atoms with Crippen LogP contribution in [0.4, 0.5) is 0 Å². The van der Waals surface area contributed by atoms with Gasteiger partial charge in [0.1, 0.15) is 48.8 Å². The summed E-state index contributed by atoms with van der Waals surface area (Å²) in [4.78, 5) is 59.7. The Morgan fingerprint density at radius 1 is 0.914 bits per heavy atom. The van der Waals surface area contributed by atoms with Crippen LogP contribution in [-0.4, -0.2) is 191 Å². The number of nitrogens with one attached hydrogen (secondary N) is 3. The van der Waals surface area contributed by atoms with Crippen molar-refractivity contribution < 1.29 is 74.6 Å². The Morgan fingerprint density at radius 2 is 1.54 bits per heavy atom. The Labute approximate surface area is 405 Å². The highest BCUT2D eigenvalue weighted by Gasteiger charge is 2.47. The molecule has 21 nitrogen and oxygen atoms in total. The average Bonchev–Trinajstić information content (AvgIpc) is 4.01. The molecule has 2 aromatic heterocycles. The van der Waals surface area contributed by atoms with Crippen molar-refractivity contribution in [1.82, 2.24) is 20.2 Å². The maximum absolute atomic E-state index is 14.9. The Bertz CT molecular complexity index is 2400. The third-order valence-electron chi connectivity index (χ3n) is 14.9. The number of ether oxygens (including phenoxy) is 3. The zero-order valence-corrected chi connectivity index (χ0v) is 40.3.